The van der Waals surface area contributed by atoms with Gasteiger partial charge < -0.3 is 14.3 Å². The van der Waals surface area contributed by atoms with E-state index in [1.165, 1.54) is 24.6 Å². The number of hydrogen-bond donors (Lipinski definition) is 1. The third-order valence-corrected chi connectivity index (χ3v) is 5.13. The lowest BCUT2D eigenvalue weighted by molar-refractivity contribution is -0.119. The number of hydrogen-bond acceptors (Lipinski definition) is 5. The number of nitrogens with one attached hydrogen (secondary N) is 1. The van der Waals surface area contributed by atoms with Crippen molar-refractivity contribution in [2.45, 2.75) is 36.9 Å². The van der Waals surface area contributed by atoms with Gasteiger partial charge in [0.1, 0.15) is 0 Å². The Kier molecular flexibility index (Phi) is 4.87. The molecule has 0 atom stereocenters. The molecule has 0 aliphatic heterocycles. The average molecular weight is 385 g/mol. The van der Waals surface area contributed by atoms with E-state index in [0.717, 1.165) is 12.8 Å². The van der Waals surface area contributed by atoms with Crippen molar-refractivity contribution < 1.29 is 9.21 Å². The first kappa shape index (κ1) is 15.6. The summed E-state index contributed by atoms with van der Waals surface area (Å²) in [5.41, 5.74) is 0. The van der Waals surface area contributed by atoms with E-state index in [1.54, 1.807) is 0 Å². The van der Waals surface area contributed by atoms with Gasteiger partial charge in [0.2, 0.25) is 5.91 Å². The molecule has 0 unspecified atom stereocenters. The number of carbonyl (C=O) groups is 1. The summed E-state index contributed by atoms with van der Waals surface area (Å²) in [7, 11) is 1.86. The van der Waals surface area contributed by atoms with Crippen LogP contribution in [-0.2, 0) is 11.8 Å². The predicted octanol–water partition coefficient (Wildman–Crippen LogP) is 2.99. The first-order valence-corrected chi connectivity index (χ1v) is 8.98. The molecule has 0 bridgehead atoms. The summed E-state index contributed by atoms with van der Waals surface area (Å²) in [6, 6.07) is 3.99. The lowest BCUT2D eigenvalue weighted by Crippen LogP contribution is -2.33. The standard InChI is InChI=1S/C14H17BrN4O2S/c1-19-13(10-6-7-11(15)21-10)17-18-14(19)22-8-12(20)16-9-4-2-3-5-9/h6-7,9H,2-5,8H2,1H3,(H,16,20). The second-order valence-electron chi connectivity index (χ2n) is 5.31. The number of furan rings is 1. The summed E-state index contributed by atoms with van der Waals surface area (Å²) >= 11 is 4.65. The van der Waals surface area contributed by atoms with Gasteiger partial charge in [-0.05, 0) is 40.9 Å². The van der Waals surface area contributed by atoms with E-state index in [4.69, 9.17) is 4.42 Å². The number of carbonyl (C=O) groups excluding carboxylic acids is 1. The molecule has 2 heterocycles. The SMILES string of the molecule is Cn1c(SCC(=O)NC2CCCC2)nnc1-c1ccc(Br)o1. The summed E-state index contributed by atoms with van der Waals surface area (Å²) in [5.74, 6) is 1.69. The third-order valence-electron chi connectivity index (χ3n) is 3.68. The Bertz CT molecular complexity index is 664. The van der Waals surface area contributed by atoms with Crippen LogP contribution in [0.3, 0.4) is 0 Å². The van der Waals surface area contributed by atoms with Crippen molar-refractivity contribution in [3.8, 4) is 11.6 Å². The number of rotatable bonds is 5. The van der Waals surface area contributed by atoms with Crippen molar-refractivity contribution in [2.75, 3.05) is 5.75 Å². The van der Waals surface area contributed by atoms with Gasteiger partial charge >= 0.3 is 0 Å². The van der Waals surface area contributed by atoms with Crippen LogP contribution >= 0.6 is 27.7 Å². The summed E-state index contributed by atoms with van der Waals surface area (Å²) in [6.07, 6.45) is 4.61. The highest BCUT2D eigenvalue weighted by Gasteiger charge is 2.19. The van der Waals surface area contributed by atoms with E-state index in [-0.39, 0.29) is 5.91 Å². The van der Waals surface area contributed by atoms with Crippen LogP contribution in [0.1, 0.15) is 25.7 Å². The lowest BCUT2D eigenvalue weighted by atomic mass is 10.2. The van der Waals surface area contributed by atoms with Crippen LogP contribution in [0.2, 0.25) is 0 Å². The van der Waals surface area contributed by atoms with Gasteiger partial charge in [-0.3, -0.25) is 4.79 Å². The Hall–Kier alpha value is -1.28. The Morgan fingerprint density at radius 1 is 1.45 bits per heavy atom. The van der Waals surface area contributed by atoms with Gasteiger partial charge in [0.25, 0.3) is 0 Å². The maximum absolute atomic E-state index is 11.9. The molecule has 8 heteroatoms. The average Bonchev–Trinajstić information content (AvgIpc) is 3.19. The van der Waals surface area contributed by atoms with Crippen LogP contribution in [0.15, 0.2) is 26.4 Å². The van der Waals surface area contributed by atoms with Gasteiger partial charge in [-0.25, -0.2) is 0 Å². The maximum Gasteiger partial charge on any atom is 0.230 e. The number of aromatic nitrogens is 3. The zero-order valence-corrected chi connectivity index (χ0v) is 14.6. The molecule has 1 aliphatic carbocycles. The first-order valence-electron chi connectivity index (χ1n) is 7.21. The first-order chi connectivity index (χ1) is 10.6. The fourth-order valence-electron chi connectivity index (χ4n) is 2.56. The Balaban J connectivity index is 1.59. The molecule has 6 nitrogen and oxygen atoms in total. The maximum atomic E-state index is 11.9. The predicted molar refractivity (Wildman–Crippen MR) is 87.5 cm³/mol. The van der Waals surface area contributed by atoms with E-state index in [9.17, 15) is 4.79 Å². The molecule has 1 saturated carbocycles. The lowest BCUT2D eigenvalue weighted by Gasteiger charge is -2.11. The number of amides is 1. The molecular formula is C14H17BrN4O2S. The van der Waals surface area contributed by atoms with Crippen molar-refractivity contribution in [2.24, 2.45) is 7.05 Å². The van der Waals surface area contributed by atoms with Gasteiger partial charge in [0.15, 0.2) is 21.4 Å². The van der Waals surface area contributed by atoms with Crippen molar-refractivity contribution in [3.05, 3.63) is 16.8 Å². The molecule has 3 rings (SSSR count). The Labute approximate surface area is 141 Å². The van der Waals surface area contributed by atoms with Crippen molar-refractivity contribution in [1.82, 2.24) is 20.1 Å². The molecule has 1 N–H and O–H groups in total. The fourth-order valence-corrected chi connectivity index (χ4v) is 3.59. The monoisotopic (exact) mass is 384 g/mol. The highest BCUT2D eigenvalue weighted by Crippen LogP contribution is 2.26. The molecule has 2 aromatic heterocycles. The minimum absolute atomic E-state index is 0.0576. The molecule has 1 amide bonds. The number of thioether (sulfide) groups is 1. The topological polar surface area (TPSA) is 73.0 Å². The molecule has 22 heavy (non-hydrogen) atoms. The second-order valence-corrected chi connectivity index (χ2v) is 7.03. The van der Waals surface area contributed by atoms with E-state index in [1.807, 2.05) is 23.7 Å². The summed E-state index contributed by atoms with van der Waals surface area (Å²) in [5, 5.41) is 12.0. The van der Waals surface area contributed by atoms with Crippen LogP contribution < -0.4 is 5.32 Å². The zero-order valence-electron chi connectivity index (χ0n) is 12.2. The Morgan fingerprint density at radius 2 is 2.23 bits per heavy atom. The van der Waals surface area contributed by atoms with E-state index < -0.39 is 0 Å². The number of halogens is 1. The number of nitrogens with zero attached hydrogens (tertiary/aromatic N) is 3. The van der Waals surface area contributed by atoms with Gasteiger partial charge in [-0.15, -0.1) is 10.2 Å². The zero-order chi connectivity index (χ0) is 15.5. The minimum atomic E-state index is 0.0576. The molecule has 1 fully saturated rings. The van der Waals surface area contributed by atoms with Crippen molar-refractivity contribution >= 4 is 33.6 Å². The second kappa shape index (κ2) is 6.87. The minimum Gasteiger partial charge on any atom is -0.446 e. The summed E-state index contributed by atoms with van der Waals surface area (Å²) in [4.78, 5) is 11.9. The third kappa shape index (κ3) is 3.55. The van der Waals surface area contributed by atoms with Crippen LogP contribution in [0, 0.1) is 0 Å². The highest BCUT2D eigenvalue weighted by molar-refractivity contribution is 9.10. The van der Waals surface area contributed by atoms with Crippen molar-refractivity contribution in [3.63, 3.8) is 0 Å². The summed E-state index contributed by atoms with van der Waals surface area (Å²) in [6.45, 7) is 0. The van der Waals surface area contributed by atoms with Crippen LogP contribution in [-0.4, -0.2) is 32.5 Å². The largest absolute Gasteiger partial charge is 0.446 e. The normalized spacial score (nSPS) is 15.4. The van der Waals surface area contributed by atoms with E-state index >= 15 is 0 Å². The fraction of sp³-hybridized carbons (Fsp3) is 0.500. The summed E-state index contributed by atoms with van der Waals surface area (Å²) < 4.78 is 7.96. The van der Waals surface area contributed by atoms with Crippen LogP contribution in [0.25, 0.3) is 11.6 Å². The molecular weight excluding hydrogens is 368 g/mol. The van der Waals surface area contributed by atoms with Gasteiger partial charge in [0.05, 0.1) is 5.75 Å². The molecule has 1 aliphatic rings. The highest BCUT2D eigenvalue weighted by atomic mass is 79.9. The quantitative estimate of drug-likeness (QED) is 0.802. The van der Waals surface area contributed by atoms with Crippen molar-refractivity contribution in [1.29, 1.82) is 0 Å². The molecule has 0 saturated heterocycles. The Morgan fingerprint density at radius 3 is 2.91 bits per heavy atom. The van der Waals surface area contributed by atoms with Gasteiger partial charge in [0, 0.05) is 13.1 Å². The molecule has 0 radical (unpaired) electrons. The molecule has 0 spiro atoms. The van der Waals surface area contributed by atoms with Gasteiger partial charge in [-0.1, -0.05) is 24.6 Å². The smallest absolute Gasteiger partial charge is 0.230 e. The van der Waals surface area contributed by atoms with Crippen LogP contribution in [0.5, 0.6) is 0 Å². The molecule has 118 valence electrons. The van der Waals surface area contributed by atoms with Gasteiger partial charge in [-0.2, -0.15) is 0 Å². The molecule has 0 aromatic carbocycles. The van der Waals surface area contributed by atoms with E-state index in [2.05, 4.69) is 31.4 Å². The molecule has 2 aromatic rings. The van der Waals surface area contributed by atoms with Crippen LogP contribution in [0.4, 0.5) is 0 Å². The van der Waals surface area contributed by atoms with E-state index in [0.29, 0.717) is 33.2 Å².